The molecule has 0 radical (unpaired) electrons. The number of carbonyl (C=O) groups excluding carboxylic acids is 1. The number of nitrogens with one attached hydrogen (secondary N) is 1. The molecule has 1 aromatic heterocycles. The van der Waals surface area contributed by atoms with E-state index in [0.717, 1.165) is 0 Å². The topological polar surface area (TPSA) is 82.0 Å². The zero-order valence-electron chi connectivity index (χ0n) is 12.7. The van der Waals surface area contributed by atoms with Crippen molar-refractivity contribution in [3.63, 3.8) is 0 Å². The molecule has 0 atom stereocenters. The molecule has 0 saturated carbocycles. The van der Waals surface area contributed by atoms with E-state index in [1.54, 1.807) is 30.7 Å². The predicted molar refractivity (Wildman–Crippen MR) is 91.2 cm³/mol. The van der Waals surface area contributed by atoms with Crippen molar-refractivity contribution in [3.05, 3.63) is 33.8 Å². The van der Waals surface area contributed by atoms with Gasteiger partial charge < -0.3 is 14.2 Å². The van der Waals surface area contributed by atoms with Crippen LogP contribution in [0.2, 0.25) is 5.02 Å². The molecule has 0 saturated heterocycles. The summed E-state index contributed by atoms with van der Waals surface area (Å²) in [5, 5.41) is 6.96. The van der Waals surface area contributed by atoms with Crippen LogP contribution in [0.3, 0.4) is 0 Å². The van der Waals surface area contributed by atoms with Gasteiger partial charge in [0.2, 0.25) is 11.9 Å². The van der Waals surface area contributed by atoms with Gasteiger partial charge in [-0.15, -0.1) is 11.3 Å². The second-order valence-corrected chi connectivity index (χ2v) is 5.99. The Bertz CT molecular complexity index is 778. The summed E-state index contributed by atoms with van der Waals surface area (Å²) < 4.78 is 15.4. The molecule has 0 fully saturated rings. The molecular weight excluding hydrogens is 354 g/mol. The van der Waals surface area contributed by atoms with Gasteiger partial charge in [0.05, 0.1) is 30.0 Å². The molecule has 1 aliphatic rings. The SMILES string of the molecule is CCOC(=O)Cc1csc(NN=Cc2cc3c(cc2Cl)OCO3)n1. The zero-order chi connectivity index (χ0) is 16.9. The number of halogens is 1. The van der Waals surface area contributed by atoms with Crippen LogP contribution in [0, 0.1) is 0 Å². The molecule has 1 N–H and O–H groups in total. The van der Waals surface area contributed by atoms with Gasteiger partial charge >= 0.3 is 5.97 Å². The van der Waals surface area contributed by atoms with E-state index in [1.807, 2.05) is 0 Å². The lowest BCUT2D eigenvalue weighted by Crippen LogP contribution is -2.07. The first-order chi connectivity index (χ1) is 11.7. The third-order valence-electron chi connectivity index (χ3n) is 3.04. The Morgan fingerprint density at radius 1 is 1.50 bits per heavy atom. The van der Waals surface area contributed by atoms with Gasteiger partial charge in [0.15, 0.2) is 11.5 Å². The van der Waals surface area contributed by atoms with Gasteiger partial charge in [0, 0.05) is 17.0 Å². The highest BCUT2D eigenvalue weighted by molar-refractivity contribution is 7.13. The van der Waals surface area contributed by atoms with Crippen molar-refractivity contribution in [2.24, 2.45) is 5.10 Å². The average molecular weight is 368 g/mol. The number of hydrogen-bond acceptors (Lipinski definition) is 8. The number of ether oxygens (including phenoxy) is 3. The Labute approximate surface area is 147 Å². The Hall–Kier alpha value is -2.32. The van der Waals surface area contributed by atoms with Gasteiger partial charge in [-0.05, 0) is 13.0 Å². The summed E-state index contributed by atoms with van der Waals surface area (Å²) in [6, 6.07) is 3.44. The number of anilines is 1. The van der Waals surface area contributed by atoms with Crippen molar-refractivity contribution in [2.45, 2.75) is 13.3 Å². The number of nitrogens with zero attached hydrogens (tertiary/aromatic N) is 2. The van der Waals surface area contributed by atoms with Crippen molar-refractivity contribution < 1.29 is 19.0 Å². The third-order valence-corrected chi connectivity index (χ3v) is 4.16. The van der Waals surface area contributed by atoms with Crippen LogP contribution in [0.1, 0.15) is 18.2 Å². The lowest BCUT2D eigenvalue weighted by atomic mass is 10.2. The van der Waals surface area contributed by atoms with Crippen molar-refractivity contribution >= 4 is 40.3 Å². The van der Waals surface area contributed by atoms with E-state index in [9.17, 15) is 4.79 Å². The predicted octanol–water partition coefficient (Wildman–Crippen LogP) is 3.08. The van der Waals surface area contributed by atoms with Crippen molar-refractivity contribution in [3.8, 4) is 11.5 Å². The van der Waals surface area contributed by atoms with E-state index in [-0.39, 0.29) is 19.2 Å². The summed E-state index contributed by atoms with van der Waals surface area (Å²) in [6.45, 7) is 2.31. The molecule has 0 unspecified atom stereocenters. The van der Waals surface area contributed by atoms with E-state index < -0.39 is 0 Å². The van der Waals surface area contributed by atoms with Crippen LogP contribution >= 0.6 is 22.9 Å². The molecule has 3 rings (SSSR count). The molecule has 9 heteroatoms. The first kappa shape index (κ1) is 16.5. The van der Waals surface area contributed by atoms with Crippen molar-refractivity contribution in [1.29, 1.82) is 0 Å². The van der Waals surface area contributed by atoms with Crippen molar-refractivity contribution in [2.75, 3.05) is 18.8 Å². The van der Waals surface area contributed by atoms with Gasteiger partial charge in [-0.25, -0.2) is 4.98 Å². The smallest absolute Gasteiger partial charge is 0.311 e. The summed E-state index contributed by atoms with van der Waals surface area (Å²) in [6.07, 6.45) is 1.71. The van der Waals surface area contributed by atoms with E-state index in [2.05, 4.69) is 15.5 Å². The summed E-state index contributed by atoms with van der Waals surface area (Å²) in [5.41, 5.74) is 4.14. The van der Waals surface area contributed by atoms with Crippen LogP contribution in [0.5, 0.6) is 11.5 Å². The Kier molecular flexibility index (Phi) is 5.17. The maximum atomic E-state index is 11.4. The van der Waals surface area contributed by atoms with E-state index in [4.69, 9.17) is 25.8 Å². The molecule has 1 aromatic carbocycles. The lowest BCUT2D eigenvalue weighted by Gasteiger charge is -2.01. The van der Waals surface area contributed by atoms with Gasteiger partial charge in [0.1, 0.15) is 0 Å². The van der Waals surface area contributed by atoms with E-state index in [1.165, 1.54) is 11.3 Å². The number of thiazole rings is 1. The van der Waals surface area contributed by atoms with Crippen LogP contribution in [-0.2, 0) is 16.0 Å². The van der Waals surface area contributed by atoms with Crippen LogP contribution in [0.4, 0.5) is 5.13 Å². The molecule has 0 aliphatic carbocycles. The fraction of sp³-hybridized carbons (Fsp3) is 0.267. The highest BCUT2D eigenvalue weighted by atomic mass is 35.5. The minimum atomic E-state index is -0.301. The fourth-order valence-electron chi connectivity index (χ4n) is 1.99. The molecule has 1 aliphatic heterocycles. The number of aromatic nitrogens is 1. The first-order valence-electron chi connectivity index (χ1n) is 7.14. The van der Waals surface area contributed by atoms with Gasteiger partial charge in [-0.3, -0.25) is 10.2 Å². The summed E-state index contributed by atoms with van der Waals surface area (Å²) in [7, 11) is 0. The standard InChI is InChI=1S/C15H14ClN3O4S/c1-2-21-14(20)4-10-7-24-15(18-10)19-17-6-9-3-12-13(5-11(9)16)23-8-22-12/h3,5-7H,2,4,8H2,1H3,(H,18,19). The van der Waals surface area contributed by atoms with Crippen LogP contribution in [0.15, 0.2) is 22.6 Å². The second-order valence-electron chi connectivity index (χ2n) is 4.72. The minimum absolute atomic E-state index is 0.143. The highest BCUT2D eigenvalue weighted by Crippen LogP contribution is 2.36. The first-order valence-corrected chi connectivity index (χ1v) is 8.39. The quantitative estimate of drug-likeness (QED) is 0.480. The summed E-state index contributed by atoms with van der Waals surface area (Å²) in [5.74, 6) is 0.949. The maximum absolute atomic E-state index is 11.4. The molecule has 24 heavy (non-hydrogen) atoms. The molecule has 2 aromatic rings. The van der Waals surface area contributed by atoms with Crippen LogP contribution < -0.4 is 14.9 Å². The Morgan fingerprint density at radius 3 is 3.08 bits per heavy atom. The minimum Gasteiger partial charge on any atom is -0.466 e. The molecule has 126 valence electrons. The number of benzene rings is 1. The highest BCUT2D eigenvalue weighted by Gasteiger charge is 2.15. The molecular formula is C15H14ClN3O4S. The maximum Gasteiger partial charge on any atom is 0.311 e. The largest absolute Gasteiger partial charge is 0.466 e. The lowest BCUT2D eigenvalue weighted by molar-refractivity contribution is -0.142. The molecule has 0 bridgehead atoms. The van der Waals surface area contributed by atoms with Crippen LogP contribution in [-0.4, -0.2) is 30.6 Å². The van der Waals surface area contributed by atoms with E-state index in [0.29, 0.717) is 39.5 Å². The average Bonchev–Trinajstić information content (AvgIpc) is 3.16. The number of esters is 1. The number of carbonyl (C=O) groups is 1. The van der Waals surface area contributed by atoms with E-state index >= 15 is 0 Å². The monoisotopic (exact) mass is 367 g/mol. The molecule has 0 amide bonds. The molecule has 7 nitrogen and oxygen atoms in total. The molecule has 2 heterocycles. The summed E-state index contributed by atoms with van der Waals surface area (Å²) >= 11 is 7.51. The van der Waals surface area contributed by atoms with Crippen LogP contribution in [0.25, 0.3) is 0 Å². The van der Waals surface area contributed by atoms with Gasteiger partial charge in [-0.1, -0.05) is 11.6 Å². The number of hydrazone groups is 1. The third kappa shape index (κ3) is 3.95. The zero-order valence-corrected chi connectivity index (χ0v) is 14.3. The number of rotatable bonds is 6. The molecule has 0 spiro atoms. The Balaban J connectivity index is 1.61. The fourth-order valence-corrected chi connectivity index (χ4v) is 2.85. The Morgan fingerprint density at radius 2 is 2.29 bits per heavy atom. The summed E-state index contributed by atoms with van der Waals surface area (Å²) in [4.78, 5) is 15.7. The van der Waals surface area contributed by atoms with Crippen molar-refractivity contribution in [1.82, 2.24) is 4.98 Å². The second kappa shape index (κ2) is 7.50. The van der Waals surface area contributed by atoms with Gasteiger partial charge in [0.25, 0.3) is 0 Å². The number of fused-ring (bicyclic) bond motifs is 1. The number of hydrogen-bond donors (Lipinski definition) is 1. The normalized spacial score (nSPS) is 12.6. The van der Waals surface area contributed by atoms with Gasteiger partial charge in [-0.2, -0.15) is 5.10 Å².